The van der Waals surface area contributed by atoms with Gasteiger partial charge in [0.05, 0.1) is 0 Å². The summed E-state index contributed by atoms with van der Waals surface area (Å²) in [6.07, 6.45) is 0. The summed E-state index contributed by atoms with van der Waals surface area (Å²) < 4.78 is 13.2. The van der Waals surface area contributed by atoms with Crippen molar-refractivity contribution in [1.29, 1.82) is 0 Å². The predicted molar refractivity (Wildman–Crippen MR) is 36.8 cm³/mol. The third-order valence-corrected chi connectivity index (χ3v) is 1.32. The van der Waals surface area contributed by atoms with Crippen molar-refractivity contribution in [1.82, 2.24) is 0 Å². The largest absolute Gasteiger partial charge is 0.374 e. The lowest BCUT2D eigenvalue weighted by molar-refractivity contribution is 0.593. The standard InChI is InChI=1S/CH2Cl3N2OP/c2-1(5)6-8(3,4)7/h(H2,5,6,7). The lowest BCUT2D eigenvalue weighted by atomic mass is 11.4. The van der Waals surface area contributed by atoms with Gasteiger partial charge in [0.15, 0.2) is 5.29 Å². The van der Waals surface area contributed by atoms with Crippen LogP contribution >= 0.6 is 40.1 Å². The third kappa shape index (κ3) is 6.57. The van der Waals surface area contributed by atoms with Gasteiger partial charge in [0.25, 0.3) is 0 Å². The second-order valence-corrected chi connectivity index (χ2v) is 5.58. The van der Waals surface area contributed by atoms with Crippen LogP contribution < -0.4 is 5.73 Å². The number of halogens is 3. The molecule has 0 atom stereocenters. The molecule has 0 heterocycles. The summed E-state index contributed by atoms with van der Waals surface area (Å²) in [5, 5.41) is -0.404. The zero-order valence-corrected chi connectivity index (χ0v) is 6.68. The van der Waals surface area contributed by atoms with Gasteiger partial charge in [-0.05, 0) is 34.1 Å². The summed E-state index contributed by atoms with van der Waals surface area (Å²) in [7, 11) is 0. The van der Waals surface area contributed by atoms with Crippen molar-refractivity contribution in [2.75, 3.05) is 0 Å². The monoisotopic (exact) mass is 194 g/mol. The predicted octanol–water partition coefficient (Wildman–Crippen LogP) is 2.13. The van der Waals surface area contributed by atoms with Gasteiger partial charge in [-0.25, -0.2) is 0 Å². The van der Waals surface area contributed by atoms with Gasteiger partial charge in [-0.1, -0.05) is 0 Å². The average Bonchev–Trinajstić information content (AvgIpc) is 1.21. The highest BCUT2D eigenvalue weighted by atomic mass is 35.9. The van der Waals surface area contributed by atoms with E-state index in [4.69, 9.17) is 39.8 Å². The van der Waals surface area contributed by atoms with E-state index < -0.39 is 11.3 Å². The Hall–Kier alpha value is 0.570. The minimum absolute atomic E-state index is 0.404. The van der Waals surface area contributed by atoms with Gasteiger partial charge in [-0.2, -0.15) is 4.76 Å². The fraction of sp³-hybridized carbons (Fsp3) is 0. The fourth-order valence-electron chi connectivity index (χ4n) is 0.111. The number of nitrogens with zero attached hydrogens (tertiary/aromatic N) is 1. The van der Waals surface area contributed by atoms with Crippen molar-refractivity contribution in [3.05, 3.63) is 0 Å². The molecule has 0 unspecified atom stereocenters. The van der Waals surface area contributed by atoms with Gasteiger partial charge in [-0.3, -0.25) is 4.57 Å². The van der Waals surface area contributed by atoms with Gasteiger partial charge in [-0.15, -0.1) is 0 Å². The summed E-state index contributed by atoms with van der Waals surface area (Å²) in [5.41, 5.74) is 4.75. The molecule has 0 aromatic heterocycles. The van der Waals surface area contributed by atoms with Crippen molar-refractivity contribution in [2.24, 2.45) is 10.5 Å². The molecule has 0 saturated carbocycles. The minimum atomic E-state index is -3.45. The van der Waals surface area contributed by atoms with Gasteiger partial charge in [0, 0.05) is 0 Å². The van der Waals surface area contributed by atoms with Crippen LogP contribution in [0.2, 0.25) is 0 Å². The maximum absolute atomic E-state index is 10.2. The molecular formula is CH2Cl3N2OP. The highest BCUT2D eigenvalue weighted by Crippen LogP contribution is 2.58. The topological polar surface area (TPSA) is 55.4 Å². The van der Waals surface area contributed by atoms with E-state index in [0.717, 1.165) is 0 Å². The van der Waals surface area contributed by atoms with E-state index in [9.17, 15) is 4.57 Å². The first-order chi connectivity index (χ1) is 3.42. The van der Waals surface area contributed by atoms with Crippen LogP contribution in [-0.2, 0) is 4.57 Å². The summed E-state index contributed by atoms with van der Waals surface area (Å²) >= 11 is 14.7. The summed E-state index contributed by atoms with van der Waals surface area (Å²) in [5.74, 6) is -3.45. The van der Waals surface area contributed by atoms with E-state index in [1.165, 1.54) is 0 Å². The Bertz CT molecular complexity index is 145. The lowest BCUT2D eigenvalue weighted by Crippen LogP contribution is -1.99. The zero-order valence-electron chi connectivity index (χ0n) is 3.51. The van der Waals surface area contributed by atoms with Crippen molar-refractivity contribution in [3.8, 4) is 0 Å². The zero-order chi connectivity index (χ0) is 6.78. The van der Waals surface area contributed by atoms with Crippen LogP contribution in [0.15, 0.2) is 4.76 Å². The molecule has 3 nitrogen and oxygen atoms in total. The average molecular weight is 195 g/mol. The van der Waals surface area contributed by atoms with Crippen molar-refractivity contribution in [2.45, 2.75) is 0 Å². The van der Waals surface area contributed by atoms with E-state index in [0.29, 0.717) is 0 Å². The minimum Gasteiger partial charge on any atom is -0.374 e. The molecule has 7 heteroatoms. The Kier molecular flexibility index (Phi) is 3.13. The Labute approximate surface area is 60.8 Å². The fourth-order valence-corrected chi connectivity index (χ4v) is 1.37. The Morgan fingerprint density at radius 1 is 1.62 bits per heavy atom. The van der Waals surface area contributed by atoms with Crippen molar-refractivity contribution < 1.29 is 4.57 Å². The van der Waals surface area contributed by atoms with Gasteiger partial charge < -0.3 is 5.73 Å². The molecule has 0 spiro atoms. The molecule has 0 aliphatic heterocycles. The van der Waals surface area contributed by atoms with Crippen LogP contribution in [-0.4, -0.2) is 5.29 Å². The highest BCUT2D eigenvalue weighted by Gasteiger charge is 2.09. The SMILES string of the molecule is NC(Cl)=NP(=O)(Cl)Cl. The van der Waals surface area contributed by atoms with E-state index >= 15 is 0 Å². The van der Waals surface area contributed by atoms with Crippen molar-refractivity contribution >= 4 is 45.4 Å². The second-order valence-electron chi connectivity index (χ2n) is 0.857. The van der Waals surface area contributed by atoms with E-state index in [1.54, 1.807) is 0 Å². The molecule has 0 aliphatic carbocycles. The second kappa shape index (κ2) is 2.92. The van der Waals surface area contributed by atoms with Crippen molar-refractivity contribution in [3.63, 3.8) is 0 Å². The Balaban J connectivity index is 4.11. The highest BCUT2D eigenvalue weighted by molar-refractivity contribution is 8.07. The Morgan fingerprint density at radius 3 is 2.00 bits per heavy atom. The van der Waals surface area contributed by atoms with Crippen LogP contribution in [0.5, 0.6) is 0 Å². The molecule has 8 heavy (non-hydrogen) atoms. The van der Waals surface area contributed by atoms with E-state index in [-0.39, 0.29) is 0 Å². The van der Waals surface area contributed by atoms with Crippen LogP contribution in [0, 0.1) is 0 Å². The van der Waals surface area contributed by atoms with Crippen LogP contribution in [0.1, 0.15) is 0 Å². The van der Waals surface area contributed by atoms with E-state index in [2.05, 4.69) is 4.76 Å². The molecule has 0 radical (unpaired) electrons. The molecule has 0 amide bonds. The maximum Gasteiger partial charge on any atom is 0.366 e. The van der Waals surface area contributed by atoms with Gasteiger partial charge in [0.1, 0.15) is 0 Å². The molecule has 0 saturated heterocycles. The first-order valence-corrected chi connectivity index (χ1v) is 5.27. The Morgan fingerprint density at radius 2 is 2.00 bits per heavy atom. The van der Waals surface area contributed by atoms with Crippen LogP contribution in [0.4, 0.5) is 0 Å². The summed E-state index contributed by atoms with van der Waals surface area (Å²) in [4.78, 5) is 0. The van der Waals surface area contributed by atoms with E-state index in [1.807, 2.05) is 0 Å². The molecule has 0 fully saturated rings. The summed E-state index contributed by atoms with van der Waals surface area (Å²) in [6.45, 7) is 0. The smallest absolute Gasteiger partial charge is 0.366 e. The van der Waals surface area contributed by atoms with Crippen LogP contribution in [0.25, 0.3) is 0 Å². The number of nitrogens with two attached hydrogens (primary N) is 1. The molecule has 0 aliphatic rings. The van der Waals surface area contributed by atoms with Gasteiger partial charge in [0.2, 0.25) is 0 Å². The maximum atomic E-state index is 10.2. The molecule has 48 valence electrons. The van der Waals surface area contributed by atoms with Crippen LogP contribution in [0.3, 0.4) is 0 Å². The molecule has 0 aromatic rings. The quantitative estimate of drug-likeness (QED) is 0.301. The molecule has 2 N–H and O–H groups in total. The first kappa shape index (κ1) is 8.57. The normalized spacial score (nSPS) is 14.1. The number of hydrogen-bond donors (Lipinski definition) is 1. The molecule has 0 aromatic carbocycles. The van der Waals surface area contributed by atoms with Gasteiger partial charge >= 0.3 is 6.00 Å². The summed E-state index contributed by atoms with van der Waals surface area (Å²) in [6, 6.07) is 0. The number of amidine groups is 1. The number of rotatable bonds is 1. The first-order valence-electron chi connectivity index (χ1n) is 1.42. The molecule has 0 bridgehead atoms. The molecule has 0 rings (SSSR count). The third-order valence-electron chi connectivity index (χ3n) is 0.212. The lowest BCUT2D eigenvalue weighted by Gasteiger charge is -1.88. The molecular weight excluding hydrogens is 193 g/mol. The number of hydrogen-bond acceptors (Lipinski definition) is 1.